The topological polar surface area (TPSA) is 30.0 Å². The van der Waals surface area contributed by atoms with Gasteiger partial charge in [-0.15, -0.1) is 0 Å². The van der Waals surface area contributed by atoms with E-state index in [2.05, 4.69) is 20.9 Å². The molecule has 0 saturated carbocycles. The lowest BCUT2D eigenvalue weighted by Gasteiger charge is -2.23. The Morgan fingerprint density at radius 1 is 1.28 bits per heavy atom. The van der Waals surface area contributed by atoms with Crippen LogP contribution in [-0.2, 0) is 10.2 Å². The van der Waals surface area contributed by atoms with Crippen LogP contribution in [0.5, 0.6) is 0 Å². The number of benzene rings is 1. The SMILES string of the molecule is CC(C=O)(c1ccc(F)cc1)c1cc(Br)ccn1. The average Bonchev–Trinajstić information content (AvgIpc) is 2.38. The number of carbonyl (C=O) groups excluding carboxylic acids is 1. The van der Waals surface area contributed by atoms with Crippen molar-refractivity contribution in [3.05, 3.63) is 64.1 Å². The van der Waals surface area contributed by atoms with Crippen LogP contribution in [0.1, 0.15) is 18.2 Å². The maximum absolute atomic E-state index is 12.9. The highest BCUT2D eigenvalue weighted by molar-refractivity contribution is 9.10. The van der Waals surface area contributed by atoms with Crippen LogP contribution in [0.2, 0.25) is 0 Å². The Labute approximate surface area is 113 Å². The van der Waals surface area contributed by atoms with Gasteiger partial charge in [-0.2, -0.15) is 0 Å². The molecule has 0 aliphatic rings. The molecule has 2 aromatic rings. The third-order valence-corrected chi connectivity index (χ3v) is 3.43. The van der Waals surface area contributed by atoms with Crippen molar-refractivity contribution in [2.24, 2.45) is 0 Å². The van der Waals surface area contributed by atoms with Crippen molar-refractivity contribution >= 4 is 22.2 Å². The van der Waals surface area contributed by atoms with Gasteiger partial charge in [0.05, 0.1) is 11.1 Å². The highest BCUT2D eigenvalue weighted by Crippen LogP contribution is 2.29. The summed E-state index contributed by atoms with van der Waals surface area (Å²) >= 11 is 3.35. The fraction of sp³-hybridized carbons (Fsp3) is 0.143. The molecule has 92 valence electrons. The molecule has 0 aliphatic heterocycles. The fourth-order valence-corrected chi connectivity index (χ4v) is 2.10. The number of nitrogens with zero attached hydrogens (tertiary/aromatic N) is 1. The lowest BCUT2D eigenvalue weighted by atomic mass is 9.80. The smallest absolute Gasteiger partial charge is 0.136 e. The Kier molecular flexibility index (Phi) is 3.57. The summed E-state index contributed by atoms with van der Waals surface area (Å²) in [6.07, 6.45) is 2.46. The molecule has 0 N–H and O–H groups in total. The molecular weight excluding hydrogens is 297 g/mol. The van der Waals surface area contributed by atoms with Crippen LogP contribution in [0.15, 0.2) is 47.1 Å². The number of rotatable bonds is 3. The van der Waals surface area contributed by atoms with E-state index in [9.17, 15) is 9.18 Å². The number of hydrogen-bond acceptors (Lipinski definition) is 2. The molecule has 1 aromatic heterocycles. The normalized spacial score (nSPS) is 13.9. The first-order valence-electron chi connectivity index (χ1n) is 5.40. The van der Waals surface area contributed by atoms with Gasteiger partial charge in [0.15, 0.2) is 0 Å². The molecule has 0 bridgehead atoms. The molecule has 2 nitrogen and oxygen atoms in total. The summed E-state index contributed by atoms with van der Waals surface area (Å²) in [4.78, 5) is 15.7. The maximum atomic E-state index is 12.9. The zero-order chi connectivity index (χ0) is 13.2. The number of aldehydes is 1. The van der Waals surface area contributed by atoms with Gasteiger partial charge in [0.1, 0.15) is 12.1 Å². The predicted molar refractivity (Wildman–Crippen MR) is 70.9 cm³/mol. The van der Waals surface area contributed by atoms with E-state index in [1.54, 1.807) is 37.4 Å². The first kappa shape index (κ1) is 12.9. The van der Waals surface area contributed by atoms with Gasteiger partial charge in [0.25, 0.3) is 0 Å². The van der Waals surface area contributed by atoms with Crippen molar-refractivity contribution in [2.45, 2.75) is 12.3 Å². The van der Waals surface area contributed by atoms with Gasteiger partial charge >= 0.3 is 0 Å². The largest absolute Gasteiger partial charge is 0.302 e. The van der Waals surface area contributed by atoms with E-state index in [0.717, 1.165) is 10.8 Å². The maximum Gasteiger partial charge on any atom is 0.136 e. The van der Waals surface area contributed by atoms with E-state index in [1.165, 1.54) is 12.1 Å². The average molecular weight is 308 g/mol. The van der Waals surface area contributed by atoms with E-state index in [-0.39, 0.29) is 5.82 Å². The molecule has 0 fully saturated rings. The van der Waals surface area contributed by atoms with Gasteiger partial charge in [-0.3, -0.25) is 4.98 Å². The van der Waals surface area contributed by atoms with Crippen LogP contribution in [0.25, 0.3) is 0 Å². The van der Waals surface area contributed by atoms with Crippen molar-refractivity contribution in [1.82, 2.24) is 4.98 Å². The molecule has 1 atom stereocenters. The molecule has 4 heteroatoms. The number of halogens is 2. The number of carbonyl (C=O) groups is 1. The van der Waals surface area contributed by atoms with Crippen molar-refractivity contribution in [3.63, 3.8) is 0 Å². The van der Waals surface area contributed by atoms with Gasteiger partial charge in [0.2, 0.25) is 0 Å². The summed E-state index contributed by atoms with van der Waals surface area (Å²) in [5, 5.41) is 0. The van der Waals surface area contributed by atoms with E-state index in [4.69, 9.17) is 0 Å². The van der Waals surface area contributed by atoms with Crippen LogP contribution in [0.4, 0.5) is 4.39 Å². The number of aromatic nitrogens is 1. The second kappa shape index (κ2) is 4.98. The molecular formula is C14H11BrFNO. The van der Waals surface area contributed by atoms with Gasteiger partial charge in [0, 0.05) is 10.7 Å². The fourth-order valence-electron chi connectivity index (χ4n) is 1.76. The predicted octanol–water partition coefficient (Wildman–Crippen LogP) is 3.49. The minimum atomic E-state index is -0.878. The molecule has 18 heavy (non-hydrogen) atoms. The third kappa shape index (κ3) is 2.34. The molecule has 1 aromatic carbocycles. The molecule has 0 spiro atoms. The zero-order valence-corrected chi connectivity index (χ0v) is 11.3. The van der Waals surface area contributed by atoms with Crippen molar-refractivity contribution in [2.75, 3.05) is 0 Å². The van der Waals surface area contributed by atoms with E-state index in [1.807, 2.05) is 0 Å². The monoisotopic (exact) mass is 307 g/mol. The van der Waals surface area contributed by atoms with Crippen LogP contribution < -0.4 is 0 Å². The van der Waals surface area contributed by atoms with Crippen LogP contribution >= 0.6 is 15.9 Å². The van der Waals surface area contributed by atoms with Gasteiger partial charge < -0.3 is 4.79 Å². The second-order valence-electron chi connectivity index (χ2n) is 4.19. The summed E-state index contributed by atoms with van der Waals surface area (Å²) in [5.74, 6) is -0.325. The quantitative estimate of drug-likeness (QED) is 0.813. The Morgan fingerprint density at radius 2 is 1.94 bits per heavy atom. The first-order valence-corrected chi connectivity index (χ1v) is 6.20. The van der Waals surface area contributed by atoms with E-state index < -0.39 is 5.41 Å². The first-order chi connectivity index (χ1) is 8.56. The Morgan fingerprint density at radius 3 is 2.50 bits per heavy atom. The van der Waals surface area contributed by atoms with Gasteiger partial charge in [-0.1, -0.05) is 28.1 Å². The Balaban J connectivity index is 2.54. The molecule has 0 saturated heterocycles. The second-order valence-corrected chi connectivity index (χ2v) is 5.10. The highest BCUT2D eigenvalue weighted by Gasteiger charge is 2.30. The standard InChI is InChI=1S/C14H11BrFNO/c1-14(9-18,10-2-4-12(16)5-3-10)13-8-11(15)6-7-17-13/h2-9H,1H3. The van der Waals surface area contributed by atoms with Gasteiger partial charge in [-0.25, -0.2) is 4.39 Å². The molecule has 0 radical (unpaired) electrons. The Bertz CT molecular complexity index is 570. The Hall–Kier alpha value is -1.55. The number of pyridine rings is 1. The molecule has 1 unspecified atom stereocenters. The number of hydrogen-bond donors (Lipinski definition) is 0. The summed E-state index contributed by atoms with van der Waals surface area (Å²) in [6.45, 7) is 1.77. The van der Waals surface area contributed by atoms with E-state index >= 15 is 0 Å². The molecule has 0 aliphatic carbocycles. The summed E-state index contributed by atoms with van der Waals surface area (Å²) < 4.78 is 13.8. The third-order valence-electron chi connectivity index (χ3n) is 2.93. The van der Waals surface area contributed by atoms with Gasteiger partial charge in [-0.05, 0) is 36.8 Å². The summed E-state index contributed by atoms with van der Waals surface area (Å²) in [7, 11) is 0. The molecule has 0 amide bonds. The van der Waals surface area contributed by atoms with Crippen molar-refractivity contribution < 1.29 is 9.18 Å². The summed E-state index contributed by atoms with van der Waals surface area (Å²) in [5.41, 5.74) is 0.459. The van der Waals surface area contributed by atoms with Crippen LogP contribution in [-0.4, -0.2) is 11.3 Å². The molecule has 2 rings (SSSR count). The minimum Gasteiger partial charge on any atom is -0.302 e. The van der Waals surface area contributed by atoms with Crippen molar-refractivity contribution in [1.29, 1.82) is 0 Å². The lowest BCUT2D eigenvalue weighted by Crippen LogP contribution is -2.26. The van der Waals surface area contributed by atoms with Crippen LogP contribution in [0.3, 0.4) is 0 Å². The lowest BCUT2D eigenvalue weighted by molar-refractivity contribution is -0.111. The highest BCUT2D eigenvalue weighted by atomic mass is 79.9. The van der Waals surface area contributed by atoms with E-state index in [0.29, 0.717) is 11.3 Å². The summed E-state index contributed by atoms with van der Waals surface area (Å²) in [6, 6.07) is 9.47. The molecule has 1 heterocycles. The van der Waals surface area contributed by atoms with Crippen LogP contribution in [0, 0.1) is 5.82 Å². The zero-order valence-electron chi connectivity index (χ0n) is 9.73. The minimum absolute atomic E-state index is 0.325. The van der Waals surface area contributed by atoms with Crippen molar-refractivity contribution in [3.8, 4) is 0 Å².